The second kappa shape index (κ2) is 7.05. The molecule has 2 aromatic rings. The molecule has 0 saturated carbocycles. The number of carbonyl (C=O) groups is 1. The molecular formula is C18H21NO4S. The number of aryl methyl sites for hydroxylation is 2. The van der Waals surface area contributed by atoms with Gasteiger partial charge in [-0.25, -0.2) is 8.42 Å². The molecule has 5 nitrogen and oxygen atoms in total. The molecule has 0 bridgehead atoms. The van der Waals surface area contributed by atoms with Crippen LogP contribution in [-0.2, 0) is 10.0 Å². The summed E-state index contributed by atoms with van der Waals surface area (Å²) >= 11 is 0. The summed E-state index contributed by atoms with van der Waals surface area (Å²) in [7, 11) is -3.72. The number of benzene rings is 2. The van der Waals surface area contributed by atoms with Crippen molar-refractivity contribution >= 4 is 21.5 Å². The van der Waals surface area contributed by atoms with Gasteiger partial charge < -0.3 is 4.74 Å². The van der Waals surface area contributed by atoms with Crippen LogP contribution < -0.4 is 9.46 Å². The molecule has 0 aromatic heterocycles. The standard InChI is InChI=1S/C18H21NO4S/c1-5-23-18-11-12(2)17(10-13(18)3)19-24(21,22)16-8-6-15(7-9-16)14(4)20/h6-11,19H,5H2,1-4H3. The maximum atomic E-state index is 12.5. The highest BCUT2D eigenvalue weighted by atomic mass is 32.2. The van der Waals surface area contributed by atoms with Crippen molar-refractivity contribution in [1.29, 1.82) is 0 Å². The number of rotatable bonds is 6. The van der Waals surface area contributed by atoms with E-state index in [4.69, 9.17) is 4.74 Å². The number of ether oxygens (including phenoxy) is 1. The largest absolute Gasteiger partial charge is 0.494 e. The van der Waals surface area contributed by atoms with Gasteiger partial charge in [-0.1, -0.05) is 12.1 Å². The minimum Gasteiger partial charge on any atom is -0.494 e. The number of sulfonamides is 1. The van der Waals surface area contributed by atoms with Crippen LogP contribution in [0.4, 0.5) is 5.69 Å². The van der Waals surface area contributed by atoms with Gasteiger partial charge in [0.05, 0.1) is 17.2 Å². The lowest BCUT2D eigenvalue weighted by Gasteiger charge is -2.14. The summed E-state index contributed by atoms with van der Waals surface area (Å²) in [5, 5.41) is 0. The smallest absolute Gasteiger partial charge is 0.261 e. The fourth-order valence-corrected chi connectivity index (χ4v) is 3.40. The van der Waals surface area contributed by atoms with Crippen molar-refractivity contribution in [2.75, 3.05) is 11.3 Å². The fourth-order valence-electron chi connectivity index (χ4n) is 2.28. The van der Waals surface area contributed by atoms with Gasteiger partial charge in [0.25, 0.3) is 10.0 Å². The average Bonchev–Trinajstić information content (AvgIpc) is 2.52. The summed E-state index contributed by atoms with van der Waals surface area (Å²) in [6.45, 7) is 7.57. The molecule has 0 fully saturated rings. The molecule has 2 rings (SSSR count). The van der Waals surface area contributed by atoms with Crippen LogP contribution in [-0.4, -0.2) is 20.8 Å². The van der Waals surface area contributed by atoms with E-state index in [-0.39, 0.29) is 10.7 Å². The Kier molecular flexibility index (Phi) is 5.29. The molecular weight excluding hydrogens is 326 g/mol. The summed E-state index contributed by atoms with van der Waals surface area (Å²) in [5.41, 5.74) is 2.61. The molecule has 2 aromatic carbocycles. The maximum absolute atomic E-state index is 12.5. The van der Waals surface area contributed by atoms with Gasteiger partial charge in [-0.15, -0.1) is 0 Å². The van der Waals surface area contributed by atoms with Crippen LogP contribution in [0.5, 0.6) is 5.75 Å². The summed E-state index contributed by atoms with van der Waals surface area (Å²) in [6.07, 6.45) is 0. The number of nitrogens with one attached hydrogen (secondary N) is 1. The normalized spacial score (nSPS) is 11.2. The van der Waals surface area contributed by atoms with E-state index < -0.39 is 10.0 Å². The monoisotopic (exact) mass is 347 g/mol. The lowest BCUT2D eigenvalue weighted by Crippen LogP contribution is -2.14. The topological polar surface area (TPSA) is 72.5 Å². The van der Waals surface area contributed by atoms with Crippen LogP contribution in [0.3, 0.4) is 0 Å². The highest BCUT2D eigenvalue weighted by Gasteiger charge is 2.16. The predicted molar refractivity (Wildman–Crippen MR) is 94.3 cm³/mol. The van der Waals surface area contributed by atoms with Gasteiger partial charge in [0.2, 0.25) is 0 Å². The Morgan fingerprint density at radius 3 is 2.25 bits per heavy atom. The number of anilines is 1. The minimum atomic E-state index is -3.72. The average molecular weight is 347 g/mol. The molecule has 6 heteroatoms. The summed E-state index contributed by atoms with van der Waals surface area (Å²) in [4.78, 5) is 11.4. The number of ketones is 1. The van der Waals surface area contributed by atoms with E-state index in [1.54, 1.807) is 6.07 Å². The Hall–Kier alpha value is -2.34. The highest BCUT2D eigenvalue weighted by molar-refractivity contribution is 7.92. The van der Waals surface area contributed by atoms with E-state index in [1.807, 2.05) is 26.8 Å². The second-order valence-corrected chi connectivity index (χ2v) is 7.23. The first-order valence-corrected chi connectivity index (χ1v) is 9.10. The van der Waals surface area contributed by atoms with Crippen molar-refractivity contribution in [2.24, 2.45) is 0 Å². The van der Waals surface area contributed by atoms with Gasteiger partial charge in [-0.2, -0.15) is 0 Å². The van der Waals surface area contributed by atoms with Gasteiger partial charge in [0.15, 0.2) is 5.78 Å². The van der Waals surface area contributed by atoms with Crippen LogP contribution in [0.15, 0.2) is 41.3 Å². The lowest BCUT2D eigenvalue weighted by atomic mass is 10.1. The molecule has 0 radical (unpaired) electrons. The van der Waals surface area contributed by atoms with Gasteiger partial charge in [-0.3, -0.25) is 9.52 Å². The summed E-state index contributed by atoms with van der Waals surface area (Å²) < 4.78 is 33.2. The Bertz CT molecular complexity index is 855. The van der Waals surface area contributed by atoms with E-state index >= 15 is 0 Å². The third kappa shape index (κ3) is 3.94. The van der Waals surface area contributed by atoms with Crippen molar-refractivity contribution < 1.29 is 17.9 Å². The number of hydrogen-bond acceptors (Lipinski definition) is 4. The molecule has 0 spiro atoms. The first kappa shape index (κ1) is 18.0. The Labute approximate surface area is 142 Å². The molecule has 0 saturated heterocycles. The Balaban J connectivity index is 2.32. The third-order valence-corrected chi connectivity index (χ3v) is 5.02. The highest BCUT2D eigenvalue weighted by Crippen LogP contribution is 2.28. The predicted octanol–water partition coefficient (Wildman–Crippen LogP) is 3.71. The second-order valence-electron chi connectivity index (χ2n) is 5.55. The molecule has 128 valence electrons. The molecule has 0 aliphatic heterocycles. The summed E-state index contributed by atoms with van der Waals surface area (Å²) in [5.74, 6) is 0.633. The van der Waals surface area contributed by atoms with Crippen LogP contribution in [0, 0.1) is 13.8 Å². The zero-order chi connectivity index (χ0) is 17.9. The Morgan fingerprint density at radius 2 is 1.71 bits per heavy atom. The van der Waals surface area contributed by atoms with Crippen molar-refractivity contribution in [3.63, 3.8) is 0 Å². The lowest BCUT2D eigenvalue weighted by molar-refractivity contribution is 0.101. The molecule has 0 heterocycles. The SMILES string of the molecule is CCOc1cc(C)c(NS(=O)(=O)c2ccc(C(C)=O)cc2)cc1C. The van der Waals surface area contributed by atoms with E-state index in [9.17, 15) is 13.2 Å². The van der Waals surface area contributed by atoms with Crippen molar-refractivity contribution in [2.45, 2.75) is 32.6 Å². The minimum absolute atomic E-state index is 0.107. The van der Waals surface area contributed by atoms with E-state index in [0.29, 0.717) is 17.9 Å². The number of Topliss-reactive ketones (excluding diaryl/α,β-unsaturated/α-hetero) is 1. The van der Waals surface area contributed by atoms with E-state index in [1.165, 1.54) is 31.2 Å². The molecule has 0 atom stereocenters. The molecule has 0 aliphatic rings. The summed E-state index contributed by atoms with van der Waals surface area (Å²) in [6, 6.07) is 9.43. The fraction of sp³-hybridized carbons (Fsp3) is 0.278. The zero-order valence-corrected chi connectivity index (χ0v) is 15.0. The maximum Gasteiger partial charge on any atom is 0.261 e. The third-order valence-electron chi connectivity index (χ3n) is 3.64. The van der Waals surface area contributed by atoms with Crippen LogP contribution in [0.1, 0.15) is 35.3 Å². The molecule has 0 aliphatic carbocycles. The zero-order valence-electron chi connectivity index (χ0n) is 14.2. The van der Waals surface area contributed by atoms with E-state index in [0.717, 1.165) is 16.9 Å². The van der Waals surface area contributed by atoms with Crippen molar-refractivity contribution in [3.05, 3.63) is 53.1 Å². The quantitative estimate of drug-likeness (QED) is 0.809. The number of hydrogen-bond donors (Lipinski definition) is 1. The van der Waals surface area contributed by atoms with Crippen LogP contribution in [0.25, 0.3) is 0 Å². The molecule has 1 N–H and O–H groups in total. The van der Waals surface area contributed by atoms with Gasteiger partial charge in [-0.05, 0) is 63.1 Å². The first-order chi connectivity index (χ1) is 11.2. The molecule has 0 amide bonds. The van der Waals surface area contributed by atoms with Crippen LogP contribution in [0.2, 0.25) is 0 Å². The molecule has 24 heavy (non-hydrogen) atoms. The van der Waals surface area contributed by atoms with Gasteiger partial charge in [0, 0.05) is 5.56 Å². The van der Waals surface area contributed by atoms with Gasteiger partial charge in [0.1, 0.15) is 5.75 Å². The van der Waals surface area contributed by atoms with E-state index in [2.05, 4.69) is 4.72 Å². The van der Waals surface area contributed by atoms with Gasteiger partial charge >= 0.3 is 0 Å². The molecule has 0 unspecified atom stereocenters. The van der Waals surface area contributed by atoms with Crippen molar-refractivity contribution in [3.8, 4) is 5.75 Å². The first-order valence-electron chi connectivity index (χ1n) is 7.62. The Morgan fingerprint density at radius 1 is 1.08 bits per heavy atom. The van der Waals surface area contributed by atoms with Crippen LogP contribution >= 0.6 is 0 Å². The van der Waals surface area contributed by atoms with Crippen molar-refractivity contribution in [1.82, 2.24) is 0 Å². The number of carbonyl (C=O) groups excluding carboxylic acids is 1.